The summed E-state index contributed by atoms with van der Waals surface area (Å²) in [6, 6.07) is 4.87. The lowest BCUT2D eigenvalue weighted by Crippen LogP contribution is -2.25. The second-order valence-corrected chi connectivity index (χ2v) is 6.25. The second kappa shape index (κ2) is 7.40. The van der Waals surface area contributed by atoms with Gasteiger partial charge in [-0.2, -0.15) is 4.68 Å². The highest BCUT2D eigenvalue weighted by Gasteiger charge is 2.18. The van der Waals surface area contributed by atoms with Crippen LogP contribution in [0.5, 0.6) is 0 Å². The first kappa shape index (κ1) is 17.7. The van der Waals surface area contributed by atoms with Gasteiger partial charge in [0, 0.05) is 0 Å². The predicted molar refractivity (Wildman–Crippen MR) is 92.1 cm³/mol. The Balaban J connectivity index is 1.69. The molecule has 0 aliphatic heterocycles. The number of carbonyl (C=O) groups excluding carboxylic acids is 2. The number of esters is 1. The summed E-state index contributed by atoms with van der Waals surface area (Å²) in [5.41, 5.74) is 0.697. The summed E-state index contributed by atoms with van der Waals surface area (Å²) in [5, 5.41) is 7.02. The molecule has 1 amide bonds. The molecule has 3 aromatic heterocycles. The summed E-state index contributed by atoms with van der Waals surface area (Å²) in [6.45, 7) is 3.39. The molecule has 0 spiro atoms. The van der Waals surface area contributed by atoms with Crippen molar-refractivity contribution >= 4 is 28.2 Å². The lowest BCUT2D eigenvalue weighted by Gasteiger charge is -2.01. The van der Waals surface area contributed by atoms with Crippen LogP contribution in [0.4, 0.5) is 5.00 Å². The molecular weight excluding hydrogens is 362 g/mol. The van der Waals surface area contributed by atoms with Gasteiger partial charge in [0.05, 0.1) is 17.9 Å². The normalized spacial score (nSPS) is 10.7. The van der Waals surface area contributed by atoms with E-state index in [2.05, 4.69) is 10.4 Å². The Morgan fingerprint density at radius 3 is 2.92 bits per heavy atom. The smallest absolute Gasteiger partial charge is 0.437 e. The predicted octanol–water partition coefficient (Wildman–Crippen LogP) is 2.28. The summed E-state index contributed by atoms with van der Waals surface area (Å²) in [6.07, 6.45) is 1.42. The number of aromatic nitrogens is 2. The Morgan fingerprint density at radius 2 is 2.23 bits per heavy atom. The molecule has 0 saturated carbocycles. The number of rotatable bonds is 6. The minimum atomic E-state index is -0.777. The van der Waals surface area contributed by atoms with E-state index in [1.165, 1.54) is 6.26 Å². The molecule has 0 aromatic carbocycles. The maximum absolute atomic E-state index is 12.2. The number of nitrogens with zero attached hydrogens (tertiary/aromatic N) is 2. The molecule has 0 aliphatic rings. The number of hydrogen-bond acceptors (Lipinski definition) is 8. The Hall–Kier alpha value is -3.14. The lowest BCUT2D eigenvalue weighted by atomic mass is 10.3. The van der Waals surface area contributed by atoms with Crippen LogP contribution in [-0.4, -0.2) is 28.3 Å². The highest BCUT2D eigenvalue weighted by Crippen LogP contribution is 2.27. The van der Waals surface area contributed by atoms with Gasteiger partial charge in [-0.3, -0.25) is 4.79 Å². The fourth-order valence-electron chi connectivity index (χ4n) is 2.16. The van der Waals surface area contributed by atoms with E-state index in [0.717, 1.165) is 16.0 Å². The van der Waals surface area contributed by atoms with Gasteiger partial charge in [0.2, 0.25) is 5.91 Å². The molecule has 3 aromatic rings. The maximum atomic E-state index is 12.2. The number of furan rings is 1. The van der Waals surface area contributed by atoms with Crippen molar-refractivity contribution in [3.63, 3.8) is 0 Å². The van der Waals surface area contributed by atoms with Gasteiger partial charge in [-0.15, -0.1) is 16.4 Å². The van der Waals surface area contributed by atoms with Gasteiger partial charge in [0.25, 0.3) is 5.89 Å². The molecule has 0 fully saturated rings. The van der Waals surface area contributed by atoms with E-state index in [4.69, 9.17) is 13.6 Å². The Morgan fingerprint density at radius 1 is 1.42 bits per heavy atom. The van der Waals surface area contributed by atoms with Crippen LogP contribution in [0.3, 0.4) is 0 Å². The molecule has 3 heterocycles. The number of hydrogen-bond donors (Lipinski definition) is 1. The number of anilines is 1. The first-order chi connectivity index (χ1) is 12.5. The number of amides is 1. The molecule has 1 N–H and O–H groups in total. The topological polar surface area (TPSA) is 117 Å². The summed E-state index contributed by atoms with van der Waals surface area (Å²) < 4.78 is 15.9. The first-order valence-electron chi connectivity index (χ1n) is 7.67. The quantitative estimate of drug-likeness (QED) is 0.655. The molecule has 26 heavy (non-hydrogen) atoms. The SMILES string of the molecule is CCOC(=O)c1sc(NC(=O)Cn2nc(-c3ccco3)oc2=O)cc1C. The van der Waals surface area contributed by atoms with Crippen LogP contribution < -0.4 is 11.1 Å². The minimum absolute atomic E-state index is 0.00985. The van der Waals surface area contributed by atoms with Crippen molar-refractivity contribution in [2.24, 2.45) is 0 Å². The number of ether oxygens (including phenoxy) is 1. The minimum Gasteiger partial charge on any atom is -0.462 e. The van der Waals surface area contributed by atoms with Crippen LogP contribution in [0.2, 0.25) is 0 Å². The summed E-state index contributed by atoms with van der Waals surface area (Å²) in [5.74, 6) is -1.42. The molecule has 0 saturated heterocycles. The third-order valence-corrected chi connectivity index (χ3v) is 4.41. The van der Waals surface area contributed by atoms with Crippen LogP contribution in [-0.2, 0) is 16.1 Å². The third-order valence-electron chi connectivity index (χ3n) is 3.27. The Bertz CT molecular complexity index is 982. The fraction of sp³-hybridized carbons (Fsp3) is 0.250. The highest BCUT2D eigenvalue weighted by atomic mass is 32.1. The van der Waals surface area contributed by atoms with Gasteiger partial charge in [0.1, 0.15) is 11.4 Å². The summed E-state index contributed by atoms with van der Waals surface area (Å²) in [7, 11) is 0. The van der Waals surface area contributed by atoms with Crippen molar-refractivity contribution in [2.45, 2.75) is 20.4 Å². The van der Waals surface area contributed by atoms with Gasteiger partial charge in [-0.1, -0.05) is 0 Å². The summed E-state index contributed by atoms with van der Waals surface area (Å²) >= 11 is 1.10. The van der Waals surface area contributed by atoms with Crippen LogP contribution in [0, 0.1) is 6.92 Å². The molecule has 0 unspecified atom stereocenters. The number of aryl methyl sites for hydroxylation is 1. The van der Waals surface area contributed by atoms with E-state index in [9.17, 15) is 14.4 Å². The van der Waals surface area contributed by atoms with Crippen LogP contribution in [0.1, 0.15) is 22.2 Å². The highest BCUT2D eigenvalue weighted by molar-refractivity contribution is 7.18. The van der Waals surface area contributed by atoms with Crippen LogP contribution in [0.15, 0.2) is 38.1 Å². The van der Waals surface area contributed by atoms with Crippen molar-refractivity contribution in [2.75, 3.05) is 11.9 Å². The van der Waals surface area contributed by atoms with E-state index >= 15 is 0 Å². The van der Waals surface area contributed by atoms with E-state index < -0.39 is 17.6 Å². The average Bonchev–Trinajstić information content (AvgIpc) is 3.29. The molecule has 0 atom stereocenters. The first-order valence-corrected chi connectivity index (χ1v) is 8.48. The fourth-order valence-corrected chi connectivity index (χ4v) is 3.14. The van der Waals surface area contributed by atoms with Crippen molar-refractivity contribution < 1.29 is 23.2 Å². The third kappa shape index (κ3) is 3.75. The number of carbonyl (C=O) groups is 2. The average molecular weight is 377 g/mol. The molecule has 0 aliphatic carbocycles. The molecule has 0 bridgehead atoms. The van der Waals surface area contributed by atoms with E-state index in [1.807, 2.05) is 0 Å². The van der Waals surface area contributed by atoms with Gasteiger partial charge >= 0.3 is 11.7 Å². The number of nitrogens with one attached hydrogen (secondary N) is 1. The molecule has 10 heteroatoms. The largest absolute Gasteiger partial charge is 0.462 e. The standard InChI is InChI=1S/C16H15N3O6S/c1-3-23-15(21)13-9(2)7-12(26-13)17-11(20)8-19-16(22)25-14(18-19)10-5-4-6-24-10/h4-7H,3,8H2,1-2H3,(H,17,20). The van der Waals surface area contributed by atoms with Crippen molar-refractivity contribution in [3.05, 3.63) is 45.5 Å². The Kier molecular flexibility index (Phi) is 5.03. The van der Waals surface area contributed by atoms with Crippen LogP contribution in [0.25, 0.3) is 11.7 Å². The molecule has 136 valence electrons. The van der Waals surface area contributed by atoms with E-state index in [1.54, 1.807) is 32.0 Å². The van der Waals surface area contributed by atoms with Crippen LogP contribution >= 0.6 is 11.3 Å². The van der Waals surface area contributed by atoms with Gasteiger partial charge in [-0.25, -0.2) is 9.59 Å². The van der Waals surface area contributed by atoms with Crippen molar-refractivity contribution in [1.29, 1.82) is 0 Å². The zero-order chi connectivity index (χ0) is 18.7. The van der Waals surface area contributed by atoms with Gasteiger partial charge in [-0.05, 0) is 37.6 Å². The van der Waals surface area contributed by atoms with Crippen molar-refractivity contribution in [1.82, 2.24) is 9.78 Å². The lowest BCUT2D eigenvalue weighted by molar-refractivity contribution is -0.117. The molecule has 0 radical (unpaired) electrons. The van der Waals surface area contributed by atoms with E-state index in [0.29, 0.717) is 15.4 Å². The number of thiophene rings is 1. The maximum Gasteiger partial charge on any atom is 0.437 e. The zero-order valence-corrected chi connectivity index (χ0v) is 14.8. The van der Waals surface area contributed by atoms with E-state index in [-0.39, 0.29) is 24.8 Å². The monoisotopic (exact) mass is 377 g/mol. The molecule has 9 nitrogen and oxygen atoms in total. The van der Waals surface area contributed by atoms with Gasteiger partial charge in [0.15, 0.2) is 5.76 Å². The summed E-state index contributed by atoms with van der Waals surface area (Å²) in [4.78, 5) is 36.2. The zero-order valence-electron chi connectivity index (χ0n) is 14.0. The second-order valence-electron chi connectivity index (χ2n) is 5.20. The van der Waals surface area contributed by atoms with Gasteiger partial charge < -0.3 is 18.9 Å². The molecular formula is C16H15N3O6S. The Labute approximate surface area is 151 Å². The molecule has 3 rings (SSSR count). The van der Waals surface area contributed by atoms with Crippen molar-refractivity contribution in [3.8, 4) is 11.7 Å².